The number of hydrogen-bond donors (Lipinski definition) is 1. The second kappa shape index (κ2) is 5.61. The Morgan fingerprint density at radius 3 is 2.23 bits per heavy atom. The van der Waals surface area contributed by atoms with Crippen molar-refractivity contribution in [2.24, 2.45) is 5.92 Å². The molecule has 0 saturated heterocycles. The summed E-state index contributed by atoms with van der Waals surface area (Å²) in [7, 11) is 1.75. The highest BCUT2D eigenvalue weighted by Crippen LogP contribution is 2.20. The first-order valence-corrected chi connectivity index (χ1v) is 5.12. The Labute approximate surface area is 82.3 Å². The van der Waals surface area contributed by atoms with Crippen LogP contribution in [-0.4, -0.2) is 23.9 Å². The molecule has 80 valence electrons. The Bertz CT molecular complexity index is 130. The topological polar surface area (TPSA) is 29.5 Å². The van der Waals surface area contributed by atoms with Crippen LogP contribution in [0.3, 0.4) is 0 Å². The van der Waals surface area contributed by atoms with E-state index < -0.39 is 0 Å². The van der Waals surface area contributed by atoms with Gasteiger partial charge in [-0.05, 0) is 39.5 Å². The number of methoxy groups -OCH3 is 1. The first kappa shape index (κ1) is 12.9. The van der Waals surface area contributed by atoms with E-state index in [0.717, 1.165) is 19.3 Å². The molecule has 2 nitrogen and oxygen atoms in total. The van der Waals surface area contributed by atoms with Crippen LogP contribution in [0.15, 0.2) is 0 Å². The maximum atomic E-state index is 9.28. The van der Waals surface area contributed by atoms with Crippen LogP contribution in [-0.2, 0) is 4.74 Å². The van der Waals surface area contributed by atoms with Gasteiger partial charge >= 0.3 is 0 Å². The zero-order valence-corrected chi connectivity index (χ0v) is 9.63. The summed E-state index contributed by atoms with van der Waals surface area (Å²) in [6.07, 6.45) is 3.06. The van der Waals surface area contributed by atoms with Crippen LogP contribution in [0.1, 0.15) is 47.0 Å². The van der Waals surface area contributed by atoms with Crippen LogP contribution < -0.4 is 0 Å². The van der Waals surface area contributed by atoms with Gasteiger partial charge < -0.3 is 9.84 Å². The lowest BCUT2D eigenvalue weighted by Crippen LogP contribution is -2.23. The second-order valence-corrected chi connectivity index (χ2v) is 4.57. The van der Waals surface area contributed by atoms with E-state index in [1.54, 1.807) is 7.11 Å². The predicted molar refractivity (Wildman–Crippen MR) is 55.8 cm³/mol. The summed E-state index contributed by atoms with van der Waals surface area (Å²) in [4.78, 5) is 0. The van der Waals surface area contributed by atoms with Gasteiger partial charge in [0, 0.05) is 7.11 Å². The van der Waals surface area contributed by atoms with E-state index >= 15 is 0 Å². The third-order valence-corrected chi connectivity index (χ3v) is 2.81. The van der Waals surface area contributed by atoms with E-state index in [-0.39, 0.29) is 11.7 Å². The molecule has 0 fully saturated rings. The number of aliphatic hydroxyl groups excluding tert-OH is 1. The first-order valence-electron chi connectivity index (χ1n) is 5.12. The van der Waals surface area contributed by atoms with Crippen molar-refractivity contribution >= 4 is 0 Å². The van der Waals surface area contributed by atoms with Crippen LogP contribution in [0.2, 0.25) is 0 Å². The number of aliphatic hydroxyl groups is 1. The van der Waals surface area contributed by atoms with E-state index in [0.29, 0.717) is 5.92 Å². The molecule has 0 aromatic carbocycles. The van der Waals surface area contributed by atoms with E-state index in [9.17, 15) is 5.11 Å². The van der Waals surface area contributed by atoms with Gasteiger partial charge in [0.2, 0.25) is 0 Å². The second-order valence-electron chi connectivity index (χ2n) is 4.57. The van der Waals surface area contributed by atoms with Gasteiger partial charge in [0.1, 0.15) is 0 Å². The molecule has 0 aliphatic heterocycles. The average Bonchev–Trinajstić information content (AvgIpc) is 2.04. The van der Waals surface area contributed by atoms with E-state index in [1.165, 1.54) is 0 Å². The van der Waals surface area contributed by atoms with Crippen LogP contribution in [0.5, 0.6) is 0 Å². The molecule has 0 aromatic heterocycles. The molecule has 0 aliphatic carbocycles. The highest BCUT2D eigenvalue weighted by Gasteiger charge is 2.17. The molecule has 2 atom stereocenters. The van der Waals surface area contributed by atoms with Crippen molar-refractivity contribution in [2.75, 3.05) is 7.11 Å². The standard InChI is InChI=1S/C11H24O2/c1-9(10(2)12)7-6-8-11(3,4)13-5/h9-10,12H,6-8H2,1-5H3. The minimum absolute atomic E-state index is 0.0155. The van der Waals surface area contributed by atoms with Crippen LogP contribution in [0.4, 0.5) is 0 Å². The molecule has 0 spiro atoms. The van der Waals surface area contributed by atoms with Crippen molar-refractivity contribution < 1.29 is 9.84 Å². The van der Waals surface area contributed by atoms with Gasteiger partial charge in [-0.15, -0.1) is 0 Å². The van der Waals surface area contributed by atoms with E-state index in [2.05, 4.69) is 20.8 Å². The Morgan fingerprint density at radius 1 is 1.31 bits per heavy atom. The molecule has 13 heavy (non-hydrogen) atoms. The van der Waals surface area contributed by atoms with Crippen molar-refractivity contribution in [2.45, 2.75) is 58.7 Å². The maximum absolute atomic E-state index is 9.28. The molecule has 1 N–H and O–H groups in total. The van der Waals surface area contributed by atoms with Gasteiger partial charge in [0.15, 0.2) is 0 Å². The molecule has 2 heteroatoms. The minimum atomic E-state index is -0.189. The fraction of sp³-hybridized carbons (Fsp3) is 1.00. The zero-order valence-electron chi connectivity index (χ0n) is 9.63. The molecular formula is C11H24O2. The normalized spacial score (nSPS) is 17.1. The van der Waals surface area contributed by atoms with Crippen molar-refractivity contribution in [1.29, 1.82) is 0 Å². The lowest BCUT2D eigenvalue weighted by atomic mass is 9.94. The molecule has 0 aromatic rings. The Kier molecular flexibility index (Phi) is 5.57. The predicted octanol–water partition coefficient (Wildman–Crippen LogP) is 2.60. The minimum Gasteiger partial charge on any atom is -0.393 e. The molecule has 0 bridgehead atoms. The lowest BCUT2D eigenvalue weighted by Gasteiger charge is -2.23. The maximum Gasteiger partial charge on any atom is 0.0622 e. The van der Waals surface area contributed by atoms with Crippen molar-refractivity contribution in [3.63, 3.8) is 0 Å². The molecule has 0 rings (SSSR count). The number of hydrogen-bond acceptors (Lipinski definition) is 2. The van der Waals surface area contributed by atoms with E-state index in [4.69, 9.17) is 4.74 Å². The van der Waals surface area contributed by atoms with Gasteiger partial charge in [-0.25, -0.2) is 0 Å². The third-order valence-electron chi connectivity index (χ3n) is 2.81. The largest absolute Gasteiger partial charge is 0.393 e. The summed E-state index contributed by atoms with van der Waals surface area (Å²) >= 11 is 0. The zero-order chi connectivity index (χ0) is 10.5. The van der Waals surface area contributed by atoms with Crippen molar-refractivity contribution in [3.8, 4) is 0 Å². The summed E-state index contributed by atoms with van der Waals surface area (Å²) in [5.74, 6) is 0.396. The van der Waals surface area contributed by atoms with Crippen LogP contribution >= 0.6 is 0 Å². The monoisotopic (exact) mass is 188 g/mol. The fourth-order valence-corrected chi connectivity index (χ4v) is 1.19. The summed E-state index contributed by atoms with van der Waals surface area (Å²) in [5, 5.41) is 9.28. The SMILES string of the molecule is COC(C)(C)CCCC(C)C(C)O. The average molecular weight is 188 g/mol. The Hall–Kier alpha value is -0.0800. The quantitative estimate of drug-likeness (QED) is 0.694. The lowest BCUT2D eigenvalue weighted by molar-refractivity contribution is 0.0111. The first-order chi connectivity index (χ1) is 5.89. The van der Waals surface area contributed by atoms with Gasteiger partial charge in [-0.3, -0.25) is 0 Å². The van der Waals surface area contributed by atoms with Gasteiger partial charge in [-0.2, -0.15) is 0 Å². The fourth-order valence-electron chi connectivity index (χ4n) is 1.19. The molecule has 0 heterocycles. The Morgan fingerprint density at radius 2 is 1.85 bits per heavy atom. The molecule has 0 radical (unpaired) electrons. The molecule has 0 saturated carbocycles. The summed E-state index contributed by atoms with van der Waals surface area (Å²) < 4.78 is 5.32. The highest BCUT2D eigenvalue weighted by atomic mass is 16.5. The highest BCUT2D eigenvalue weighted by molar-refractivity contribution is 4.69. The molecular weight excluding hydrogens is 164 g/mol. The van der Waals surface area contributed by atoms with Gasteiger partial charge in [-0.1, -0.05) is 13.3 Å². The number of ether oxygens (including phenoxy) is 1. The van der Waals surface area contributed by atoms with Crippen molar-refractivity contribution in [3.05, 3.63) is 0 Å². The Balaban J connectivity index is 3.56. The van der Waals surface area contributed by atoms with Crippen molar-refractivity contribution in [1.82, 2.24) is 0 Å². The smallest absolute Gasteiger partial charge is 0.0622 e. The summed E-state index contributed by atoms with van der Waals surface area (Å²) in [5.41, 5.74) is -0.0155. The third kappa shape index (κ3) is 6.05. The van der Waals surface area contributed by atoms with Crippen LogP contribution in [0, 0.1) is 5.92 Å². The van der Waals surface area contributed by atoms with Crippen LogP contribution in [0.25, 0.3) is 0 Å². The van der Waals surface area contributed by atoms with E-state index in [1.807, 2.05) is 6.92 Å². The molecule has 0 aliphatic rings. The summed E-state index contributed by atoms with van der Waals surface area (Å²) in [6, 6.07) is 0. The molecule has 0 amide bonds. The molecule has 2 unspecified atom stereocenters. The number of rotatable bonds is 6. The summed E-state index contributed by atoms with van der Waals surface area (Å²) in [6.45, 7) is 8.14. The van der Waals surface area contributed by atoms with Gasteiger partial charge in [0.25, 0.3) is 0 Å². The van der Waals surface area contributed by atoms with Gasteiger partial charge in [0.05, 0.1) is 11.7 Å².